The minimum atomic E-state index is -0.747. The summed E-state index contributed by atoms with van der Waals surface area (Å²) in [4.78, 5) is 24.2. The van der Waals surface area contributed by atoms with Gasteiger partial charge in [0.25, 0.3) is 0 Å². The number of hydrogen-bond donors (Lipinski definition) is 3. The van der Waals surface area contributed by atoms with Crippen molar-refractivity contribution in [2.45, 2.75) is 26.7 Å². The summed E-state index contributed by atoms with van der Waals surface area (Å²) in [6.45, 7) is 4.00. The van der Waals surface area contributed by atoms with Crippen LogP contribution >= 0.6 is 0 Å². The van der Waals surface area contributed by atoms with Crippen molar-refractivity contribution in [2.24, 2.45) is 0 Å². The fourth-order valence-electron chi connectivity index (χ4n) is 2.31. The average molecular weight is 312 g/mol. The minimum absolute atomic E-state index is 0.0944. The first-order chi connectivity index (χ1) is 11.0. The molecule has 5 heteroatoms. The number of nitrogens with one attached hydrogen (secondary N) is 2. The van der Waals surface area contributed by atoms with E-state index < -0.39 is 11.8 Å². The highest BCUT2D eigenvalue weighted by molar-refractivity contribution is 6.43. The predicted octanol–water partition coefficient (Wildman–Crippen LogP) is 3.09. The first-order valence-corrected chi connectivity index (χ1v) is 7.57. The van der Waals surface area contributed by atoms with E-state index in [1.807, 2.05) is 32.0 Å². The molecule has 5 nitrogen and oxygen atoms in total. The molecule has 3 N–H and O–H groups in total. The number of carbonyl (C=O) groups excluding carboxylic acids is 2. The van der Waals surface area contributed by atoms with E-state index in [2.05, 4.69) is 10.6 Å². The molecule has 120 valence electrons. The van der Waals surface area contributed by atoms with E-state index in [-0.39, 0.29) is 5.75 Å². The molecule has 0 aromatic heterocycles. The van der Waals surface area contributed by atoms with Crippen molar-refractivity contribution in [3.8, 4) is 5.75 Å². The molecule has 23 heavy (non-hydrogen) atoms. The number of rotatable bonds is 4. The standard InChI is InChI=1S/C18H20N2O3/c1-3-12-6-5-7-13(4-2)16(12)20-18(23)17(22)19-14-8-10-15(21)11-9-14/h5-11,21H,3-4H2,1-2H3,(H,19,22)(H,20,23). The molecule has 0 fully saturated rings. The Kier molecular flexibility index (Phi) is 5.36. The van der Waals surface area contributed by atoms with Gasteiger partial charge in [0.2, 0.25) is 0 Å². The Hall–Kier alpha value is -2.82. The average Bonchev–Trinajstić information content (AvgIpc) is 2.56. The Morgan fingerprint density at radius 1 is 0.870 bits per heavy atom. The van der Waals surface area contributed by atoms with Crippen LogP contribution in [0, 0.1) is 0 Å². The maximum Gasteiger partial charge on any atom is 0.314 e. The largest absolute Gasteiger partial charge is 0.508 e. The molecule has 2 rings (SSSR count). The van der Waals surface area contributed by atoms with E-state index in [0.717, 1.165) is 24.0 Å². The summed E-state index contributed by atoms with van der Waals surface area (Å²) >= 11 is 0. The third kappa shape index (κ3) is 4.10. The van der Waals surface area contributed by atoms with Gasteiger partial charge in [0.15, 0.2) is 0 Å². The molecule has 0 atom stereocenters. The van der Waals surface area contributed by atoms with Crippen molar-refractivity contribution in [3.63, 3.8) is 0 Å². The summed E-state index contributed by atoms with van der Waals surface area (Å²) in [5.41, 5.74) is 3.15. The lowest BCUT2D eigenvalue weighted by Gasteiger charge is -2.14. The maximum atomic E-state index is 12.1. The van der Waals surface area contributed by atoms with Crippen LogP contribution in [-0.2, 0) is 22.4 Å². The van der Waals surface area contributed by atoms with Crippen molar-refractivity contribution in [1.82, 2.24) is 0 Å². The number of aromatic hydroxyl groups is 1. The molecule has 0 saturated carbocycles. The van der Waals surface area contributed by atoms with E-state index in [9.17, 15) is 14.7 Å². The van der Waals surface area contributed by atoms with Crippen LogP contribution in [0.1, 0.15) is 25.0 Å². The van der Waals surface area contributed by atoms with Gasteiger partial charge in [-0.15, -0.1) is 0 Å². The summed E-state index contributed by atoms with van der Waals surface area (Å²) in [5.74, 6) is -1.37. The van der Waals surface area contributed by atoms with Crippen LogP contribution in [0.4, 0.5) is 11.4 Å². The molecule has 0 unspecified atom stereocenters. The molecule has 0 heterocycles. The van der Waals surface area contributed by atoms with Gasteiger partial charge in [-0.1, -0.05) is 32.0 Å². The van der Waals surface area contributed by atoms with E-state index >= 15 is 0 Å². The zero-order chi connectivity index (χ0) is 16.8. The molecule has 2 amide bonds. The van der Waals surface area contributed by atoms with Gasteiger partial charge >= 0.3 is 11.8 Å². The highest BCUT2D eigenvalue weighted by Gasteiger charge is 2.17. The minimum Gasteiger partial charge on any atom is -0.508 e. The summed E-state index contributed by atoms with van der Waals surface area (Å²) < 4.78 is 0. The van der Waals surface area contributed by atoms with Gasteiger partial charge in [-0.3, -0.25) is 9.59 Å². The Morgan fingerprint density at radius 3 is 1.91 bits per heavy atom. The molecule has 0 radical (unpaired) electrons. The molecule has 0 aliphatic carbocycles. The van der Waals surface area contributed by atoms with Crippen LogP contribution in [0.15, 0.2) is 42.5 Å². The van der Waals surface area contributed by atoms with Crippen LogP contribution in [0.25, 0.3) is 0 Å². The second kappa shape index (κ2) is 7.45. The molecular formula is C18H20N2O3. The lowest BCUT2D eigenvalue weighted by Crippen LogP contribution is -2.29. The molecule has 0 saturated heterocycles. The molecule has 0 aliphatic rings. The highest BCUT2D eigenvalue weighted by atomic mass is 16.3. The first kappa shape index (κ1) is 16.5. The molecule has 2 aromatic rings. The third-order valence-corrected chi connectivity index (χ3v) is 3.57. The van der Waals surface area contributed by atoms with E-state index in [0.29, 0.717) is 11.4 Å². The number of phenolic OH excluding ortho intramolecular Hbond substituents is 1. The number of para-hydroxylation sites is 1. The van der Waals surface area contributed by atoms with Crippen LogP contribution in [-0.4, -0.2) is 16.9 Å². The van der Waals surface area contributed by atoms with Gasteiger partial charge in [-0.25, -0.2) is 0 Å². The topological polar surface area (TPSA) is 78.4 Å². The number of aryl methyl sites for hydroxylation is 2. The summed E-state index contributed by atoms with van der Waals surface area (Å²) in [7, 11) is 0. The zero-order valence-electron chi connectivity index (χ0n) is 13.2. The Morgan fingerprint density at radius 2 is 1.39 bits per heavy atom. The number of benzene rings is 2. The normalized spacial score (nSPS) is 10.2. The van der Waals surface area contributed by atoms with Gasteiger partial charge < -0.3 is 15.7 Å². The number of phenols is 1. The second-order valence-electron chi connectivity index (χ2n) is 5.11. The second-order valence-corrected chi connectivity index (χ2v) is 5.11. The summed E-state index contributed by atoms with van der Waals surface area (Å²) in [5, 5.41) is 14.4. The third-order valence-electron chi connectivity index (χ3n) is 3.57. The molecule has 0 spiro atoms. The van der Waals surface area contributed by atoms with Crippen molar-refractivity contribution in [3.05, 3.63) is 53.6 Å². The number of hydrogen-bond acceptors (Lipinski definition) is 3. The number of anilines is 2. The van der Waals surface area contributed by atoms with Gasteiger partial charge in [0.1, 0.15) is 5.75 Å². The van der Waals surface area contributed by atoms with Crippen molar-refractivity contribution in [1.29, 1.82) is 0 Å². The fraction of sp³-hybridized carbons (Fsp3) is 0.222. The summed E-state index contributed by atoms with van der Waals surface area (Å²) in [6, 6.07) is 11.8. The van der Waals surface area contributed by atoms with Crippen LogP contribution in [0.5, 0.6) is 5.75 Å². The zero-order valence-corrected chi connectivity index (χ0v) is 13.2. The van der Waals surface area contributed by atoms with E-state index in [1.165, 1.54) is 24.3 Å². The van der Waals surface area contributed by atoms with Gasteiger partial charge in [-0.05, 0) is 48.2 Å². The Balaban J connectivity index is 2.12. The first-order valence-electron chi connectivity index (χ1n) is 7.57. The van der Waals surface area contributed by atoms with Gasteiger partial charge in [0, 0.05) is 11.4 Å². The van der Waals surface area contributed by atoms with Crippen LogP contribution in [0.3, 0.4) is 0 Å². The monoisotopic (exact) mass is 312 g/mol. The molecule has 0 bridgehead atoms. The van der Waals surface area contributed by atoms with Crippen molar-refractivity contribution < 1.29 is 14.7 Å². The Bertz CT molecular complexity index is 686. The highest BCUT2D eigenvalue weighted by Crippen LogP contribution is 2.22. The molecule has 0 aliphatic heterocycles. The van der Waals surface area contributed by atoms with E-state index in [4.69, 9.17) is 0 Å². The Labute approximate surface area is 135 Å². The van der Waals surface area contributed by atoms with Crippen molar-refractivity contribution in [2.75, 3.05) is 10.6 Å². The van der Waals surface area contributed by atoms with Gasteiger partial charge in [-0.2, -0.15) is 0 Å². The number of carbonyl (C=O) groups is 2. The maximum absolute atomic E-state index is 12.1. The lowest BCUT2D eigenvalue weighted by molar-refractivity contribution is -0.133. The van der Waals surface area contributed by atoms with Crippen LogP contribution in [0.2, 0.25) is 0 Å². The van der Waals surface area contributed by atoms with E-state index in [1.54, 1.807) is 0 Å². The fourth-order valence-corrected chi connectivity index (χ4v) is 2.31. The quantitative estimate of drug-likeness (QED) is 0.599. The van der Waals surface area contributed by atoms with Gasteiger partial charge in [0.05, 0.1) is 0 Å². The molecular weight excluding hydrogens is 292 g/mol. The predicted molar refractivity (Wildman–Crippen MR) is 90.6 cm³/mol. The molecule has 2 aromatic carbocycles. The van der Waals surface area contributed by atoms with Crippen molar-refractivity contribution >= 4 is 23.2 Å². The SMILES string of the molecule is CCc1cccc(CC)c1NC(=O)C(=O)Nc1ccc(O)cc1. The smallest absolute Gasteiger partial charge is 0.314 e. The van der Waals surface area contributed by atoms with Crippen LogP contribution < -0.4 is 10.6 Å². The summed E-state index contributed by atoms with van der Waals surface area (Å²) in [6.07, 6.45) is 1.53. The lowest BCUT2D eigenvalue weighted by atomic mass is 10.0. The number of amides is 2.